The van der Waals surface area contributed by atoms with Crippen LogP contribution in [0.4, 0.5) is 5.69 Å². The first kappa shape index (κ1) is 7.72. The molecule has 0 radical (unpaired) electrons. The summed E-state index contributed by atoms with van der Waals surface area (Å²) in [6.45, 7) is 4.00. The normalized spacial score (nSPS) is 9.27. The molecule has 2 aromatic rings. The number of hydrogen-bond donors (Lipinski definition) is 1. The summed E-state index contributed by atoms with van der Waals surface area (Å²) in [4.78, 5) is 0. The quantitative estimate of drug-likeness (QED) is 0.467. The number of hydrogen-bond acceptors (Lipinski definition) is 3. The predicted octanol–water partition coefficient (Wildman–Crippen LogP) is 2.63. The van der Waals surface area contributed by atoms with Crippen molar-refractivity contribution in [1.29, 1.82) is 0 Å². The summed E-state index contributed by atoms with van der Waals surface area (Å²) in [6.07, 6.45) is 0. The minimum Gasteiger partial charge on any atom is -0.399 e. The van der Waals surface area contributed by atoms with E-state index in [9.17, 15) is 0 Å². The molecule has 0 bridgehead atoms. The molecule has 3 nitrogen and oxygen atoms in total. The average Bonchev–Trinajstić information content (AvgIpc) is 2.01. The van der Waals surface area contributed by atoms with Gasteiger partial charge in [-0.3, -0.25) is 9.15 Å². The highest BCUT2D eigenvalue weighted by Crippen LogP contribution is 2.19. The maximum absolute atomic E-state index is 5.43. The van der Waals surface area contributed by atoms with Gasteiger partial charge in [-0.05, 0) is 12.1 Å². The second-order valence-electron chi connectivity index (χ2n) is 1.87. The molecular weight excluding hydrogens is 142 g/mol. The lowest BCUT2D eigenvalue weighted by molar-refractivity contribution is 0.0590. The molecule has 2 N–H and O–H groups in total. The van der Waals surface area contributed by atoms with Crippen LogP contribution >= 0.6 is 0 Å². The van der Waals surface area contributed by atoms with Gasteiger partial charge in [0.1, 0.15) is 0 Å². The number of benzene rings is 1. The van der Waals surface area contributed by atoms with Gasteiger partial charge in [-0.25, -0.2) is 0 Å². The van der Waals surface area contributed by atoms with Crippen LogP contribution in [0.5, 0.6) is 0 Å². The molecule has 1 heterocycles. The van der Waals surface area contributed by atoms with Crippen molar-refractivity contribution in [3.8, 4) is 0 Å². The Morgan fingerprint density at radius 3 is 2.09 bits per heavy atom. The summed E-state index contributed by atoms with van der Waals surface area (Å²) in [5.41, 5.74) is 7.59. The summed E-state index contributed by atoms with van der Waals surface area (Å²) in [5, 5.41) is 0. The molecule has 0 unspecified atom stereocenters. The van der Waals surface area contributed by atoms with Crippen LogP contribution in [-0.4, -0.2) is 0 Å². The van der Waals surface area contributed by atoms with Gasteiger partial charge < -0.3 is 5.73 Å². The summed E-state index contributed by atoms with van der Waals surface area (Å²) >= 11 is 0. The molecule has 2 rings (SSSR count). The SMILES string of the molecule is CC.Nc1ccc2ooc2c1. The van der Waals surface area contributed by atoms with Crippen molar-refractivity contribution in [3.05, 3.63) is 18.2 Å². The standard InChI is InChI=1S/C6H5NO2.C2H6/c7-4-1-2-5-6(3-4)9-8-5;1-2/h1-3H,7H2;1-2H3. The molecule has 0 amide bonds. The maximum Gasteiger partial charge on any atom is 0.227 e. The molecule has 0 aliphatic rings. The Kier molecular flexibility index (Phi) is 2.21. The Balaban J connectivity index is 0.000000281. The van der Waals surface area contributed by atoms with E-state index in [0.29, 0.717) is 5.69 Å². The first-order valence-electron chi connectivity index (χ1n) is 3.60. The van der Waals surface area contributed by atoms with Gasteiger partial charge in [0.2, 0.25) is 11.2 Å². The zero-order valence-corrected chi connectivity index (χ0v) is 6.63. The Hall–Kier alpha value is -1.38. The monoisotopic (exact) mass is 153 g/mol. The van der Waals surface area contributed by atoms with E-state index in [0.717, 1.165) is 11.2 Å². The van der Waals surface area contributed by atoms with Gasteiger partial charge in [0, 0.05) is 11.8 Å². The largest absolute Gasteiger partial charge is 0.399 e. The number of anilines is 1. The Morgan fingerprint density at radius 1 is 1.09 bits per heavy atom. The molecule has 0 spiro atoms. The summed E-state index contributed by atoms with van der Waals surface area (Å²) in [6, 6.07) is 5.26. The minimum atomic E-state index is 0.692. The number of fused-ring (bicyclic) bond motifs is 1. The Labute approximate surface area is 64.7 Å². The van der Waals surface area contributed by atoms with Crippen LogP contribution in [0.25, 0.3) is 11.2 Å². The third-order valence-corrected chi connectivity index (χ3v) is 1.19. The van der Waals surface area contributed by atoms with Crippen LogP contribution in [-0.2, 0) is 0 Å². The van der Waals surface area contributed by atoms with Gasteiger partial charge in [0.15, 0.2) is 0 Å². The average molecular weight is 153 g/mol. The first-order chi connectivity index (χ1) is 5.36. The van der Waals surface area contributed by atoms with E-state index >= 15 is 0 Å². The second-order valence-corrected chi connectivity index (χ2v) is 1.87. The first-order valence-corrected chi connectivity index (χ1v) is 3.60. The van der Waals surface area contributed by atoms with Crippen LogP contribution in [0.1, 0.15) is 13.8 Å². The highest BCUT2D eigenvalue weighted by atomic mass is 17.0. The number of rotatable bonds is 0. The van der Waals surface area contributed by atoms with Crippen LogP contribution in [0.15, 0.2) is 27.4 Å². The molecule has 0 aliphatic carbocycles. The topological polar surface area (TPSA) is 52.3 Å². The van der Waals surface area contributed by atoms with Crippen LogP contribution in [0.3, 0.4) is 0 Å². The van der Waals surface area contributed by atoms with Gasteiger partial charge in [-0.2, -0.15) is 0 Å². The van der Waals surface area contributed by atoms with E-state index in [1.165, 1.54) is 0 Å². The van der Waals surface area contributed by atoms with Crippen molar-refractivity contribution in [2.75, 3.05) is 5.73 Å². The molecule has 0 aliphatic heterocycles. The molecule has 0 fully saturated rings. The number of nitrogen functional groups attached to an aromatic ring is 1. The van der Waals surface area contributed by atoms with E-state index in [-0.39, 0.29) is 0 Å². The third kappa shape index (κ3) is 1.37. The van der Waals surface area contributed by atoms with Crippen molar-refractivity contribution < 1.29 is 9.15 Å². The van der Waals surface area contributed by atoms with Gasteiger partial charge in [0.05, 0.1) is 0 Å². The van der Waals surface area contributed by atoms with Crippen molar-refractivity contribution in [2.24, 2.45) is 0 Å². The molecule has 1 aromatic heterocycles. The van der Waals surface area contributed by atoms with E-state index in [1.807, 2.05) is 13.8 Å². The maximum atomic E-state index is 5.43. The predicted molar refractivity (Wildman–Crippen MR) is 44.2 cm³/mol. The van der Waals surface area contributed by atoms with Gasteiger partial charge in [-0.1, -0.05) is 13.8 Å². The zero-order chi connectivity index (χ0) is 8.27. The van der Waals surface area contributed by atoms with Crippen molar-refractivity contribution in [1.82, 2.24) is 0 Å². The molecule has 1 aromatic carbocycles. The fourth-order valence-corrected chi connectivity index (χ4v) is 0.714. The lowest BCUT2D eigenvalue weighted by atomic mass is 10.3. The molecule has 11 heavy (non-hydrogen) atoms. The van der Waals surface area contributed by atoms with E-state index < -0.39 is 0 Å². The van der Waals surface area contributed by atoms with Crippen molar-refractivity contribution >= 4 is 16.9 Å². The third-order valence-electron chi connectivity index (χ3n) is 1.19. The fourth-order valence-electron chi connectivity index (χ4n) is 0.714. The molecule has 60 valence electrons. The summed E-state index contributed by atoms with van der Waals surface area (Å²) in [7, 11) is 0. The van der Waals surface area contributed by atoms with Crippen LogP contribution in [0.2, 0.25) is 0 Å². The lowest BCUT2D eigenvalue weighted by Crippen LogP contribution is -1.84. The van der Waals surface area contributed by atoms with Crippen molar-refractivity contribution in [2.45, 2.75) is 13.8 Å². The minimum absolute atomic E-state index is 0.692. The smallest absolute Gasteiger partial charge is 0.227 e. The molecule has 0 saturated heterocycles. The molecular formula is C8H11NO2. The van der Waals surface area contributed by atoms with E-state index in [1.54, 1.807) is 18.2 Å². The second kappa shape index (κ2) is 3.14. The molecule has 0 saturated carbocycles. The number of nitrogens with two attached hydrogens (primary N) is 1. The van der Waals surface area contributed by atoms with Crippen LogP contribution < -0.4 is 5.73 Å². The molecule has 0 atom stereocenters. The summed E-state index contributed by atoms with van der Waals surface area (Å²) < 4.78 is 9.15. The van der Waals surface area contributed by atoms with Crippen molar-refractivity contribution in [3.63, 3.8) is 0 Å². The fraction of sp³-hybridized carbons (Fsp3) is 0.250. The van der Waals surface area contributed by atoms with Gasteiger partial charge in [0.25, 0.3) is 0 Å². The van der Waals surface area contributed by atoms with E-state index in [2.05, 4.69) is 9.15 Å². The Morgan fingerprint density at radius 2 is 1.73 bits per heavy atom. The highest BCUT2D eigenvalue weighted by molar-refractivity contribution is 5.74. The van der Waals surface area contributed by atoms with E-state index in [4.69, 9.17) is 5.73 Å². The Bertz CT molecular complexity index is 321. The summed E-state index contributed by atoms with van der Waals surface area (Å²) in [5.74, 6) is 0. The van der Waals surface area contributed by atoms with Gasteiger partial charge >= 0.3 is 0 Å². The molecule has 3 heteroatoms. The van der Waals surface area contributed by atoms with Crippen LogP contribution in [0, 0.1) is 0 Å². The van der Waals surface area contributed by atoms with Gasteiger partial charge in [-0.15, -0.1) is 0 Å². The zero-order valence-electron chi connectivity index (χ0n) is 6.63. The lowest BCUT2D eigenvalue weighted by Gasteiger charge is -1.96. The highest BCUT2D eigenvalue weighted by Gasteiger charge is 2.01.